The van der Waals surface area contributed by atoms with E-state index >= 15 is 0 Å². The average molecular weight is 575 g/mol. The Balaban J connectivity index is 1.68. The van der Waals surface area contributed by atoms with Gasteiger partial charge in [-0.25, -0.2) is 21.8 Å². The Morgan fingerprint density at radius 3 is 2.31 bits per heavy atom. The summed E-state index contributed by atoms with van der Waals surface area (Å²) in [5.74, 6) is -0.0463. The van der Waals surface area contributed by atoms with Gasteiger partial charge in [0.25, 0.3) is 0 Å². The Bertz CT molecular complexity index is 1450. The van der Waals surface area contributed by atoms with Crippen molar-refractivity contribution in [2.75, 3.05) is 39.4 Å². The lowest BCUT2D eigenvalue weighted by molar-refractivity contribution is 0.0361. The second kappa shape index (κ2) is 12.7. The van der Waals surface area contributed by atoms with Gasteiger partial charge >= 0.3 is 0 Å². The molecule has 4 rings (SSSR count). The molecule has 11 heteroatoms. The molecule has 0 amide bonds. The van der Waals surface area contributed by atoms with Crippen LogP contribution in [0.4, 0.5) is 0 Å². The van der Waals surface area contributed by atoms with Gasteiger partial charge in [-0.1, -0.05) is 56.3 Å². The molecule has 3 aromatic rings. The van der Waals surface area contributed by atoms with E-state index in [1.165, 1.54) is 10.5 Å². The minimum absolute atomic E-state index is 0.0151. The van der Waals surface area contributed by atoms with Crippen LogP contribution >= 0.6 is 0 Å². The third-order valence-electron chi connectivity index (χ3n) is 6.82. The zero-order valence-corrected chi connectivity index (χ0v) is 24.5. The van der Waals surface area contributed by atoms with Crippen molar-refractivity contribution in [2.24, 2.45) is 5.92 Å². The first-order chi connectivity index (χ1) is 18.6. The van der Waals surface area contributed by atoms with E-state index in [0.29, 0.717) is 32.0 Å². The van der Waals surface area contributed by atoms with Crippen molar-refractivity contribution < 1.29 is 21.6 Å². The van der Waals surface area contributed by atoms with Gasteiger partial charge < -0.3 is 9.30 Å². The standard InChI is InChI=1S/C28H38N4O5S2/c1-23(2)20-32-26(19-29-28(32)38(33,34)22-25-10-8-7-9-24(25)3)21-31(14-13-30-15-17-37-18-16-30)39(35,36)27-11-5-4-6-12-27/h4-12,19,23H,13-18,20-22H2,1-3H3. The molecule has 1 aliphatic rings. The molecule has 1 saturated heterocycles. The lowest BCUT2D eigenvalue weighted by Crippen LogP contribution is -2.43. The minimum Gasteiger partial charge on any atom is -0.379 e. The molecule has 212 valence electrons. The van der Waals surface area contributed by atoms with Crippen LogP contribution in [0, 0.1) is 12.8 Å². The third kappa shape index (κ3) is 7.34. The lowest BCUT2D eigenvalue weighted by atomic mass is 10.1. The fourth-order valence-electron chi connectivity index (χ4n) is 4.65. The van der Waals surface area contributed by atoms with E-state index in [0.717, 1.165) is 24.2 Å². The zero-order valence-electron chi connectivity index (χ0n) is 22.9. The smallest absolute Gasteiger partial charge is 0.243 e. The highest BCUT2D eigenvalue weighted by atomic mass is 32.2. The Kier molecular flexibility index (Phi) is 9.60. The zero-order chi connectivity index (χ0) is 28.0. The van der Waals surface area contributed by atoms with Crippen molar-refractivity contribution in [1.82, 2.24) is 18.8 Å². The van der Waals surface area contributed by atoms with Gasteiger partial charge in [-0.2, -0.15) is 4.31 Å². The van der Waals surface area contributed by atoms with Crippen molar-refractivity contribution in [3.8, 4) is 0 Å². The van der Waals surface area contributed by atoms with E-state index in [4.69, 9.17) is 4.74 Å². The molecule has 0 aliphatic carbocycles. The van der Waals surface area contributed by atoms with Crippen LogP contribution in [0.15, 0.2) is 70.8 Å². The maximum Gasteiger partial charge on any atom is 0.243 e. The Hall–Kier alpha value is -2.57. The summed E-state index contributed by atoms with van der Waals surface area (Å²) in [6.07, 6.45) is 1.51. The number of aromatic nitrogens is 2. The number of aryl methyl sites for hydroxylation is 1. The summed E-state index contributed by atoms with van der Waals surface area (Å²) in [6.45, 7) is 9.83. The highest BCUT2D eigenvalue weighted by Gasteiger charge is 2.30. The molecule has 0 unspecified atom stereocenters. The van der Waals surface area contributed by atoms with E-state index < -0.39 is 19.9 Å². The fourth-order valence-corrected chi connectivity index (χ4v) is 7.68. The van der Waals surface area contributed by atoms with E-state index in [1.54, 1.807) is 34.9 Å². The molecule has 0 N–H and O–H groups in total. The molecule has 0 bridgehead atoms. The number of hydrogen-bond donors (Lipinski definition) is 0. The topological polar surface area (TPSA) is 102 Å². The van der Waals surface area contributed by atoms with Crippen molar-refractivity contribution in [1.29, 1.82) is 0 Å². The number of sulfone groups is 1. The van der Waals surface area contributed by atoms with Crippen LogP contribution in [-0.4, -0.2) is 75.0 Å². The summed E-state index contributed by atoms with van der Waals surface area (Å²) in [4.78, 5) is 6.74. The number of rotatable bonds is 12. The lowest BCUT2D eigenvalue weighted by Gasteiger charge is -2.30. The highest BCUT2D eigenvalue weighted by Crippen LogP contribution is 2.24. The van der Waals surface area contributed by atoms with Gasteiger partial charge in [-0.15, -0.1) is 0 Å². The molecule has 2 aromatic carbocycles. The van der Waals surface area contributed by atoms with Gasteiger partial charge in [0.05, 0.1) is 42.3 Å². The number of hydrogen-bond acceptors (Lipinski definition) is 7. The number of morpholine rings is 1. The van der Waals surface area contributed by atoms with Crippen molar-refractivity contribution >= 4 is 19.9 Å². The molecular formula is C28H38N4O5S2. The summed E-state index contributed by atoms with van der Waals surface area (Å²) >= 11 is 0. The number of nitrogens with zero attached hydrogens (tertiary/aromatic N) is 4. The molecule has 39 heavy (non-hydrogen) atoms. The molecular weight excluding hydrogens is 536 g/mol. The van der Waals surface area contributed by atoms with Crippen LogP contribution in [0.5, 0.6) is 0 Å². The summed E-state index contributed by atoms with van der Waals surface area (Å²) in [7, 11) is -7.62. The van der Waals surface area contributed by atoms with E-state index in [-0.39, 0.29) is 34.8 Å². The minimum atomic E-state index is -3.84. The summed E-state index contributed by atoms with van der Waals surface area (Å²) in [6, 6.07) is 15.7. The van der Waals surface area contributed by atoms with Crippen molar-refractivity contribution in [3.63, 3.8) is 0 Å². The molecule has 0 radical (unpaired) electrons. The first-order valence-electron chi connectivity index (χ1n) is 13.2. The van der Waals surface area contributed by atoms with Gasteiger partial charge in [0, 0.05) is 32.7 Å². The molecule has 9 nitrogen and oxygen atoms in total. The predicted octanol–water partition coefficient (Wildman–Crippen LogP) is 3.34. The van der Waals surface area contributed by atoms with Crippen LogP contribution in [0.25, 0.3) is 0 Å². The van der Waals surface area contributed by atoms with Gasteiger partial charge in [0.1, 0.15) is 0 Å². The molecule has 0 spiro atoms. The second-order valence-corrected chi connectivity index (χ2v) is 14.1. The Morgan fingerprint density at radius 2 is 1.64 bits per heavy atom. The molecule has 1 aromatic heterocycles. The SMILES string of the molecule is Cc1ccccc1CS(=O)(=O)c1ncc(CN(CCN2CCOCC2)S(=O)(=O)c2ccccc2)n1CC(C)C. The number of ether oxygens (including phenoxy) is 1. The van der Waals surface area contributed by atoms with E-state index in [9.17, 15) is 16.8 Å². The second-order valence-electron chi connectivity index (χ2n) is 10.3. The summed E-state index contributed by atoms with van der Waals surface area (Å²) in [5, 5.41) is -0.0281. The van der Waals surface area contributed by atoms with Gasteiger partial charge in [-0.3, -0.25) is 4.90 Å². The predicted molar refractivity (Wildman–Crippen MR) is 150 cm³/mol. The first-order valence-corrected chi connectivity index (χ1v) is 16.3. The first kappa shape index (κ1) is 29.4. The van der Waals surface area contributed by atoms with Crippen LogP contribution < -0.4 is 0 Å². The quantitative estimate of drug-likeness (QED) is 0.327. The largest absolute Gasteiger partial charge is 0.379 e. The average Bonchev–Trinajstić information content (AvgIpc) is 3.31. The van der Waals surface area contributed by atoms with E-state index in [2.05, 4.69) is 9.88 Å². The van der Waals surface area contributed by atoms with Crippen molar-refractivity contribution in [2.45, 2.75) is 49.7 Å². The van der Waals surface area contributed by atoms with Gasteiger partial charge in [-0.05, 0) is 36.1 Å². The normalized spacial score (nSPS) is 15.3. The van der Waals surface area contributed by atoms with Crippen LogP contribution in [0.3, 0.4) is 0 Å². The summed E-state index contributed by atoms with van der Waals surface area (Å²) in [5.41, 5.74) is 2.16. The van der Waals surface area contributed by atoms with Crippen molar-refractivity contribution in [3.05, 3.63) is 77.6 Å². The molecule has 1 fully saturated rings. The van der Waals surface area contributed by atoms with Crippen LogP contribution in [0.1, 0.15) is 30.7 Å². The molecule has 2 heterocycles. The molecule has 0 atom stereocenters. The van der Waals surface area contributed by atoms with Crippen LogP contribution in [-0.2, 0) is 43.4 Å². The van der Waals surface area contributed by atoms with Gasteiger partial charge in [0.2, 0.25) is 25.0 Å². The maximum atomic E-state index is 13.8. The van der Waals surface area contributed by atoms with Gasteiger partial charge in [0.15, 0.2) is 0 Å². The number of sulfonamides is 1. The molecule has 0 saturated carbocycles. The summed E-state index contributed by atoms with van der Waals surface area (Å²) < 4.78 is 63.2. The maximum absolute atomic E-state index is 13.8. The number of benzene rings is 2. The Morgan fingerprint density at radius 1 is 0.974 bits per heavy atom. The highest BCUT2D eigenvalue weighted by molar-refractivity contribution is 7.90. The van der Waals surface area contributed by atoms with E-state index in [1.807, 2.05) is 45.0 Å². The fraction of sp³-hybridized carbons (Fsp3) is 0.464. The van der Waals surface area contributed by atoms with Crippen LogP contribution in [0.2, 0.25) is 0 Å². The Labute approximate surface area is 232 Å². The number of imidazole rings is 1. The molecule has 1 aliphatic heterocycles. The third-order valence-corrected chi connectivity index (χ3v) is 10.3. The monoisotopic (exact) mass is 574 g/mol.